The molecule has 4 heteroatoms. The maximum atomic E-state index is 10.9. The van der Waals surface area contributed by atoms with Gasteiger partial charge < -0.3 is 4.74 Å². The summed E-state index contributed by atoms with van der Waals surface area (Å²) in [4.78, 5) is 22.6. The van der Waals surface area contributed by atoms with E-state index in [1.54, 1.807) is 11.4 Å². The molecule has 0 fully saturated rings. The third-order valence-electron chi connectivity index (χ3n) is 1.61. The van der Waals surface area contributed by atoms with Gasteiger partial charge in [0.15, 0.2) is 5.78 Å². The van der Waals surface area contributed by atoms with Crippen LogP contribution in [0.4, 0.5) is 0 Å². The van der Waals surface area contributed by atoms with Gasteiger partial charge >= 0.3 is 5.97 Å². The van der Waals surface area contributed by atoms with Crippen LogP contribution in [0.2, 0.25) is 0 Å². The molecule has 0 aliphatic heterocycles. The average molecular weight is 198 g/mol. The Morgan fingerprint density at radius 3 is 2.69 bits per heavy atom. The van der Waals surface area contributed by atoms with Crippen molar-refractivity contribution in [3.8, 4) is 0 Å². The van der Waals surface area contributed by atoms with Crippen molar-refractivity contribution in [1.82, 2.24) is 0 Å². The summed E-state index contributed by atoms with van der Waals surface area (Å²) in [5.41, 5.74) is 0.656. The van der Waals surface area contributed by atoms with Crippen LogP contribution in [0.5, 0.6) is 0 Å². The number of carbonyl (C=O) groups is 2. The Bertz CT molecular complexity index is 327. The zero-order chi connectivity index (χ0) is 9.84. The minimum atomic E-state index is -0.281. The van der Waals surface area contributed by atoms with Gasteiger partial charge in [-0.05, 0) is 13.0 Å². The lowest BCUT2D eigenvalue weighted by Gasteiger charge is -1.93. The van der Waals surface area contributed by atoms with E-state index in [0.29, 0.717) is 5.56 Å². The second-order valence-electron chi connectivity index (χ2n) is 2.61. The highest BCUT2D eigenvalue weighted by Gasteiger charge is 2.07. The lowest BCUT2D eigenvalue weighted by molar-refractivity contribution is -0.139. The first kappa shape index (κ1) is 9.92. The summed E-state index contributed by atoms with van der Waals surface area (Å²) >= 11 is 1.40. The molecule has 0 unspecified atom stereocenters. The normalized spacial score (nSPS) is 9.69. The molecule has 0 saturated carbocycles. The van der Waals surface area contributed by atoms with Crippen molar-refractivity contribution in [2.24, 2.45) is 0 Å². The van der Waals surface area contributed by atoms with E-state index in [2.05, 4.69) is 4.74 Å². The SMILES string of the molecule is COC(=O)Cc1cc(C(C)=O)cs1. The number of carbonyl (C=O) groups excluding carboxylic acids is 2. The van der Waals surface area contributed by atoms with Crippen molar-refractivity contribution >= 4 is 23.1 Å². The Kier molecular flexibility index (Phi) is 3.19. The summed E-state index contributed by atoms with van der Waals surface area (Å²) in [6, 6.07) is 1.73. The van der Waals surface area contributed by atoms with Crippen molar-refractivity contribution in [2.45, 2.75) is 13.3 Å². The maximum Gasteiger partial charge on any atom is 0.310 e. The predicted molar refractivity (Wildman–Crippen MR) is 50.0 cm³/mol. The van der Waals surface area contributed by atoms with E-state index in [9.17, 15) is 9.59 Å². The van der Waals surface area contributed by atoms with Gasteiger partial charge in [0.05, 0.1) is 13.5 Å². The maximum absolute atomic E-state index is 10.9. The van der Waals surface area contributed by atoms with Gasteiger partial charge in [-0.1, -0.05) is 0 Å². The summed E-state index contributed by atoms with van der Waals surface area (Å²) in [6.07, 6.45) is 0.244. The van der Waals surface area contributed by atoms with Crippen LogP contribution in [0, 0.1) is 0 Å². The Hall–Kier alpha value is -1.16. The zero-order valence-electron chi connectivity index (χ0n) is 7.49. The van der Waals surface area contributed by atoms with Gasteiger partial charge in [0, 0.05) is 15.8 Å². The molecule has 0 bridgehead atoms. The van der Waals surface area contributed by atoms with Crippen LogP contribution < -0.4 is 0 Å². The summed E-state index contributed by atoms with van der Waals surface area (Å²) in [7, 11) is 1.35. The van der Waals surface area contributed by atoms with E-state index in [1.807, 2.05) is 0 Å². The topological polar surface area (TPSA) is 43.4 Å². The van der Waals surface area contributed by atoms with E-state index < -0.39 is 0 Å². The second kappa shape index (κ2) is 4.18. The first-order valence-corrected chi connectivity index (χ1v) is 4.66. The number of hydrogen-bond acceptors (Lipinski definition) is 4. The van der Waals surface area contributed by atoms with Gasteiger partial charge in [0.25, 0.3) is 0 Å². The average Bonchev–Trinajstić information content (AvgIpc) is 2.52. The number of rotatable bonds is 3. The largest absolute Gasteiger partial charge is 0.469 e. The van der Waals surface area contributed by atoms with Crippen LogP contribution in [0.3, 0.4) is 0 Å². The molecule has 1 aromatic heterocycles. The van der Waals surface area contributed by atoms with Crippen molar-refractivity contribution in [2.75, 3.05) is 7.11 Å². The van der Waals surface area contributed by atoms with Gasteiger partial charge in [-0.25, -0.2) is 0 Å². The molecule has 0 saturated heterocycles. The number of Topliss-reactive ketones (excluding diaryl/α,β-unsaturated/α-hetero) is 1. The van der Waals surface area contributed by atoms with Crippen LogP contribution in [0.15, 0.2) is 11.4 Å². The van der Waals surface area contributed by atoms with Crippen LogP contribution in [0.25, 0.3) is 0 Å². The number of thiophene rings is 1. The van der Waals surface area contributed by atoms with Gasteiger partial charge in [0.2, 0.25) is 0 Å². The van der Waals surface area contributed by atoms with Crippen molar-refractivity contribution in [3.63, 3.8) is 0 Å². The predicted octanol–water partition coefficient (Wildman–Crippen LogP) is 1.67. The van der Waals surface area contributed by atoms with Crippen LogP contribution >= 0.6 is 11.3 Å². The number of esters is 1. The molecule has 0 aliphatic rings. The van der Waals surface area contributed by atoms with Crippen molar-refractivity contribution in [1.29, 1.82) is 0 Å². The van der Waals surface area contributed by atoms with Gasteiger partial charge in [0.1, 0.15) is 0 Å². The molecule has 70 valence electrons. The fourth-order valence-corrected chi connectivity index (χ4v) is 1.78. The van der Waals surface area contributed by atoms with Crippen LogP contribution in [-0.2, 0) is 16.0 Å². The lowest BCUT2D eigenvalue weighted by atomic mass is 10.2. The first-order valence-electron chi connectivity index (χ1n) is 3.78. The van der Waals surface area contributed by atoms with E-state index in [4.69, 9.17) is 0 Å². The molecule has 13 heavy (non-hydrogen) atoms. The highest BCUT2D eigenvalue weighted by Crippen LogP contribution is 2.15. The molecule has 0 radical (unpaired) electrons. The highest BCUT2D eigenvalue weighted by molar-refractivity contribution is 7.10. The second-order valence-corrected chi connectivity index (χ2v) is 3.61. The van der Waals surface area contributed by atoms with Crippen LogP contribution in [0.1, 0.15) is 22.2 Å². The monoisotopic (exact) mass is 198 g/mol. The molecular weight excluding hydrogens is 188 g/mol. The molecule has 0 aliphatic carbocycles. The molecule has 1 rings (SSSR count). The lowest BCUT2D eigenvalue weighted by Crippen LogP contribution is -2.02. The van der Waals surface area contributed by atoms with Crippen molar-refractivity contribution < 1.29 is 14.3 Å². The fourth-order valence-electron chi connectivity index (χ4n) is 0.872. The third kappa shape index (κ3) is 2.66. The van der Waals surface area contributed by atoms with Gasteiger partial charge in [-0.3, -0.25) is 9.59 Å². The standard InChI is InChI=1S/C9H10O3S/c1-6(10)7-3-8(13-5-7)4-9(11)12-2/h3,5H,4H2,1-2H3. The van der Waals surface area contributed by atoms with Crippen LogP contribution in [-0.4, -0.2) is 18.9 Å². The molecule has 1 heterocycles. The van der Waals surface area contributed by atoms with E-state index in [0.717, 1.165) is 4.88 Å². The third-order valence-corrected chi connectivity index (χ3v) is 2.54. The van der Waals surface area contributed by atoms with Gasteiger partial charge in [-0.15, -0.1) is 11.3 Å². The fraction of sp³-hybridized carbons (Fsp3) is 0.333. The molecule has 0 N–H and O–H groups in total. The van der Waals surface area contributed by atoms with Crippen molar-refractivity contribution in [3.05, 3.63) is 21.9 Å². The number of ketones is 1. The number of hydrogen-bond donors (Lipinski definition) is 0. The summed E-state index contributed by atoms with van der Waals surface area (Å²) in [6.45, 7) is 1.50. The minimum absolute atomic E-state index is 0.0207. The molecule has 0 aromatic carbocycles. The number of ether oxygens (including phenoxy) is 1. The van der Waals surface area contributed by atoms with E-state index in [1.165, 1.54) is 25.4 Å². The van der Waals surface area contributed by atoms with Gasteiger partial charge in [-0.2, -0.15) is 0 Å². The molecule has 1 aromatic rings. The van der Waals surface area contributed by atoms with E-state index >= 15 is 0 Å². The molecular formula is C9H10O3S. The Labute approximate surface area is 80.3 Å². The Morgan fingerprint density at radius 2 is 2.23 bits per heavy atom. The molecule has 0 spiro atoms. The molecule has 0 amide bonds. The highest BCUT2D eigenvalue weighted by atomic mass is 32.1. The zero-order valence-corrected chi connectivity index (χ0v) is 8.31. The molecule has 0 atom stereocenters. The molecule has 3 nitrogen and oxygen atoms in total. The smallest absolute Gasteiger partial charge is 0.310 e. The quantitative estimate of drug-likeness (QED) is 0.548. The summed E-state index contributed by atoms with van der Waals surface area (Å²) in [5, 5.41) is 1.75. The summed E-state index contributed by atoms with van der Waals surface area (Å²) in [5.74, 6) is -0.260. The Morgan fingerprint density at radius 1 is 1.54 bits per heavy atom. The minimum Gasteiger partial charge on any atom is -0.469 e. The first-order chi connectivity index (χ1) is 6.13. The number of methoxy groups -OCH3 is 1. The summed E-state index contributed by atoms with van der Waals surface area (Å²) < 4.78 is 4.51. The van der Waals surface area contributed by atoms with E-state index in [-0.39, 0.29) is 18.2 Å². The Balaban J connectivity index is 2.69.